The van der Waals surface area contributed by atoms with Crippen LogP contribution in [0.25, 0.3) is 0 Å². The summed E-state index contributed by atoms with van der Waals surface area (Å²) in [6.45, 7) is 1.52. The van der Waals surface area contributed by atoms with Crippen molar-refractivity contribution in [3.05, 3.63) is 29.3 Å². The molecule has 1 saturated heterocycles. The highest BCUT2D eigenvalue weighted by Crippen LogP contribution is 2.15. The van der Waals surface area contributed by atoms with E-state index < -0.39 is 17.9 Å². The van der Waals surface area contributed by atoms with Gasteiger partial charge in [-0.25, -0.2) is 0 Å². The van der Waals surface area contributed by atoms with E-state index in [4.69, 9.17) is 16.2 Å². The third-order valence-electron chi connectivity index (χ3n) is 2.99. The van der Waals surface area contributed by atoms with Gasteiger partial charge in [-0.15, -0.1) is 0 Å². The summed E-state index contributed by atoms with van der Waals surface area (Å²) in [5.41, 5.74) is 10.8. The summed E-state index contributed by atoms with van der Waals surface area (Å²) >= 11 is 0. The molecule has 1 aliphatic rings. The molecular formula is C13H16N4O4. The van der Waals surface area contributed by atoms with Crippen LogP contribution in [0.5, 0.6) is 0 Å². The highest BCUT2D eigenvalue weighted by molar-refractivity contribution is 6.02. The van der Waals surface area contributed by atoms with Crippen LogP contribution in [0.4, 0.5) is 5.69 Å². The van der Waals surface area contributed by atoms with Gasteiger partial charge in [0.05, 0.1) is 6.61 Å². The fourth-order valence-electron chi connectivity index (χ4n) is 1.94. The summed E-state index contributed by atoms with van der Waals surface area (Å²) in [4.78, 5) is 34.5. The maximum atomic E-state index is 12.0. The van der Waals surface area contributed by atoms with Crippen LogP contribution >= 0.6 is 0 Å². The molecule has 0 bridgehead atoms. The second-order valence-corrected chi connectivity index (χ2v) is 4.58. The number of hydrogen-bond acceptors (Lipinski definition) is 5. The number of rotatable bonds is 4. The van der Waals surface area contributed by atoms with Crippen molar-refractivity contribution in [2.24, 2.45) is 11.5 Å². The lowest BCUT2D eigenvalue weighted by molar-refractivity contribution is -0.128. The number of primary amides is 2. The number of nitrogens with two attached hydrogens (primary N) is 2. The topological polar surface area (TPSA) is 137 Å². The van der Waals surface area contributed by atoms with Crippen molar-refractivity contribution >= 4 is 23.4 Å². The molecule has 0 saturated carbocycles. The first kappa shape index (κ1) is 14.9. The van der Waals surface area contributed by atoms with Crippen molar-refractivity contribution in [3.63, 3.8) is 0 Å². The van der Waals surface area contributed by atoms with Crippen LogP contribution in [-0.2, 0) is 9.53 Å². The first-order chi connectivity index (χ1) is 9.97. The Morgan fingerprint density at radius 2 is 1.76 bits per heavy atom. The van der Waals surface area contributed by atoms with Gasteiger partial charge in [0.1, 0.15) is 6.10 Å². The molecule has 8 nitrogen and oxygen atoms in total. The zero-order valence-electron chi connectivity index (χ0n) is 11.2. The van der Waals surface area contributed by atoms with E-state index in [9.17, 15) is 14.4 Å². The van der Waals surface area contributed by atoms with Crippen LogP contribution in [0.3, 0.4) is 0 Å². The number of morpholine rings is 1. The van der Waals surface area contributed by atoms with Crippen LogP contribution in [0, 0.1) is 0 Å². The Bertz CT molecular complexity index is 549. The number of carbonyl (C=O) groups excluding carboxylic acids is 3. The Labute approximate surface area is 120 Å². The molecule has 6 N–H and O–H groups in total. The maximum Gasteiger partial charge on any atom is 0.254 e. The Morgan fingerprint density at radius 3 is 2.24 bits per heavy atom. The smallest absolute Gasteiger partial charge is 0.254 e. The fourth-order valence-corrected chi connectivity index (χ4v) is 1.94. The van der Waals surface area contributed by atoms with Gasteiger partial charge in [0.2, 0.25) is 11.8 Å². The normalized spacial score (nSPS) is 18.0. The van der Waals surface area contributed by atoms with E-state index in [2.05, 4.69) is 10.6 Å². The van der Waals surface area contributed by atoms with Crippen molar-refractivity contribution in [1.82, 2.24) is 5.32 Å². The van der Waals surface area contributed by atoms with Crippen LogP contribution in [-0.4, -0.2) is 43.5 Å². The third-order valence-corrected chi connectivity index (χ3v) is 2.99. The Balaban J connectivity index is 2.20. The zero-order valence-corrected chi connectivity index (χ0v) is 11.2. The average molecular weight is 292 g/mol. The molecule has 1 aromatic rings. The fraction of sp³-hybridized carbons (Fsp3) is 0.308. The molecular weight excluding hydrogens is 276 g/mol. The number of anilines is 1. The first-order valence-corrected chi connectivity index (χ1v) is 6.35. The molecule has 0 aliphatic carbocycles. The number of nitrogens with one attached hydrogen (secondary N) is 2. The van der Waals surface area contributed by atoms with Gasteiger partial charge < -0.3 is 26.8 Å². The molecule has 1 aromatic carbocycles. The predicted octanol–water partition coefficient (Wildman–Crippen LogP) is -1.19. The molecule has 1 unspecified atom stereocenters. The second kappa shape index (κ2) is 6.33. The van der Waals surface area contributed by atoms with Crippen molar-refractivity contribution in [1.29, 1.82) is 0 Å². The van der Waals surface area contributed by atoms with Crippen molar-refractivity contribution < 1.29 is 19.1 Å². The number of hydrogen-bond donors (Lipinski definition) is 4. The summed E-state index contributed by atoms with van der Waals surface area (Å²) in [6.07, 6.45) is -0.631. The minimum Gasteiger partial charge on any atom is -0.366 e. The number of carbonyl (C=O) groups is 3. The van der Waals surface area contributed by atoms with Gasteiger partial charge in [0, 0.05) is 29.9 Å². The largest absolute Gasteiger partial charge is 0.366 e. The number of amides is 3. The summed E-state index contributed by atoms with van der Waals surface area (Å²) in [5, 5.41) is 5.61. The Hall–Kier alpha value is -2.45. The number of ether oxygens (including phenoxy) is 1. The number of benzene rings is 1. The monoisotopic (exact) mass is 292 g/mol. The Kier molecular flexibility index (Phi) is 4.51. The molecule has 8 heteroatoms. The van der Waals surface area contributed by atoms with Gasteiger partial charge >= 0.3 is 0 Å². The van der Waals surface area contributed by atoms with E-state index in [1.165, 1.54) is 18.2 Å². The highest BCUT2D eigenvalue weighted by Gasteiger charge is 2.22. The van der Waals surface area contributed by atoms with Gasteiger partial charge in [-0.1, -0.05) is 0 Å². The molecule has 21 heavy (non-hydrogen) atoms. The van der Waals surface area contributed by atoms with Crippen molar-refractivity contribution in [3.8, 4) is 0 Å². The van der Waals surface area contributed by atoms with Gasteiger partial charge in [-0.3, -0.25) is 14.4 Å². The summed E-state index contributed by atoms with van der Waals surface area (Å²) < 4.78 is 5.31. The van der Waals surface area contributed by atoms with Crippen LogP contribution in [0.15, 0.2) is 18.2 Å². The second-order valence-electron chi connectivity index (χ2n) is 4.58. The minimum absolute atomic E-state index is 0.0873. The highest BCUT2D eigenvalue weighted by atomic mass is 16.5. The van der Waals surface area contributed by atoms with Crippen LogP contribution < -0.4 is 22.1 Å². The van der Waals surface area contributed by atoms with Crippen LogP contribution in [0.1, 0.15) is 20.7 Å². The van der Waals surface area contributed by atoms with Crippen molar-refractivity contribution in [2.45, 2.75) is 6.10 Å². The molecule has 1 heterocycles. The molecule has 1 atom stereocenters. The summed E-state index contributed by atoms with van der Waals surface area (Å²) in [7, 11) is 0. The molecule has 1 aliphatic heterocycles. The molecule has 0 spiro atoms. The van der Waals surface area contributed by atoms with Crippen molar-refractivity contribution in [2.75, 3.05) is 25.0 Å². The molecule has 3 amide bonds. The van der Waals surface area contributed by atoms with Gasteiger partial charge in [0.15, 0.2) is 0 Å². The standard InChI is InChI=1S/C13H16N4O4/c14-11(18)7-3-8(12(15)19)5-9(4-7)17-13(20)10-6-16-1-2-21-10/h3-5,10,16H,1-2,6H2,(H2,14,18)(H2,15,19)(H,17,20). The molecule has 0 aromatic heterocycles. The summed E-state index contributed by atoms with van der Waals surface area (Å²) in [6, 6.07) is 4.03. The first-order valence-electron chi connectivity index (χ1n) is 6.35. The van der Waals surface area contributed by atoms with Crippen LogP contribution in [0.2, 0.25) is 0 Å². The van der Waals surface area contributed by atoms with E-state index in [0.29, 0.717) is 19.7 Å². The molecule has 0 radical (unpaired) electrons. The average Bonchev–Trinajstić information content (AvgIpc) is 2.47. The van der Waals surface area contributed by atoms with Gasteiger partial charge in [-0.05, 0) is 18.2 Å². The van der Waals surface area contributed by atoms with E-state index in [1.807, 2.05) is 0 Å². The minimum atomic E-state index is -0.718. The zero-order chi connectivity index (χ0) is 15.4. The lowest BCUT2D eigenvalue weighted by atomic mass is 10.1. The predicted molar refractivity (Wildman–Crippen MR) is 74.7 cm³/mol. The van der Waals surface area contributed by atoms with E-state index in [0.717, 1.165) is 0 Å². The summed E-state index contributed by atoms with van der Waals surface area (Å²) in [5.74, 6) is -1.81. The van der Waals surface area contributed by atoms with Gasteiger partial charge in [-0.2, -0.15) is 0 Å². The van der Waals surface area contributed by atoms with E-state index >= 15 is 0 Å². The third kappa shape index (κ3) is 3.77. The Morgan fingerprint density at radius 1 is 1.14 bits per heavy atom. The van der Waals surface area contributed by atoms with E-state index in [-0.39, 0.29) is 22.7 Å². The molecule has 112 valence electrons. The van der Waals surface area contributed by atoms with Gasteiger partial charge in [0.25, 0.3) is 5.91 Å². The lowest BCUT2D eigenvalue weighted by Gasteiger charge is -2.22. The SMILES string of the molecule is NC(=O)c1cc(NC(=O)C2CNCCO2)cc(C(N)=O)c1. The molecule has 2 rings (SSSR count). The van der Waals surface area contributed by atoms with E-state index in [1.54, 1.807) is 0 Å². The lowest BCUT2D eigenvalue weighted by Crippen LogP contribution is -2.45. The maximum absolute atomic E-state index is 12.0. The quantitative estimate of drug-likeness (QED) is 0.553. The molecule has 1 fully saturated rings.